The maximum absolute atomic E-state index is 10.1. The van der Waals surface area contributed by atoms with Gasteiger partial charge in [-0.3, -0.25) is 0 Å². The number of alkyl carbamates (subject to hydrolysis) is 1. The van der Waals surface area contributed by atoms with Crippen molar-refractivity contribution < 1.29 is 9.53 Å². The molecule has 4 nitrogen and oxygen atoms in total. The van der Waals surface area contributed by atoms with E-state index in [1.165, 1.54) is 7.05 Å². The van der Waals surface area contributed by atoms with Gasteiger partial charge in [0.2, 0.25) is 0 Å². The molecule has 8 heavy (non-hydrogen) atoms. The first-order valence-corrected chi connectivity index (χ1v) is 2.00. The molecule has 0 aliphatic rings. The zero-order chi connectivity index (χ0) is 6.57. The molecule has 0 aliphatic carbocycles. The number of rotatable bonds is 1. The Morgan fingerprint density at radius 2 is 2.38 bits per heavy atom. The van der Waals surface area contributed by atoms with Gasteiger partial charge in [0.05, 0.1) is 0 Å². The van der Waals surface area contributed by atoms with Crippen molar-refractivity contribution >= 4 is 6.09 Å². The Morgan fingerprint density at radius 1 is 1.88 bits per heavy atom. The molecule has 3 N–H and O–H groups in total. The molecular weight excluding hydrogens is 108 g/mol. The van der Waals surface area contributed by atoms with Gasteiger partial charge in [0.25, 0.3) is 0 Å². The molecule has 0 spiro atoms. The van der Waals surface area contributed by atoms with Crippen LogP contribution in [-0.4, -0.2) is 13.1 Å². The Kier molecular flexibility index (Phi) is 2.47. The van der Waals surface area contributed by atoms with Crippen LogP contribution in [-0.2, 0) is 4.74 Å². The molecule has 4 heteroatoms. The number of nitrogens with two attached hydrogens (primary N) is 1. The predicted octanol–water partition coefficient (Wildman–Crippen LogP) is -0.228. The number of hydrogen-bond donors (Lipinski definition) is 2. The van der Waals surface area contributed by atoms with Gasteiger partial charge in [-0.15, -0.1) is 0 Å². The summed E-state index contributed by atoms with van der Waals surface area (Å²) in [5.74, 6) is -0.107. The number of amides is 1. The van der Waals surface area contributed by atoms with Gasteiger partial charge in [0.15, 0.2) is 5.88 Å². The quantitative estimate of drug-likeness (QED) is 0.465. The van der Waals surface area contributed by atoms with Crippen molar-refractivity contribution in [2.75, 3.05) is 7.05 Å². The first-order valence-electron chi connectivity index (χ1n) is 2.00. The van der Waals surface area contributed by atoms with E-state index in [1.807, 2.05) is 0 Å². The van der Waals surface area contributed by atoms with Crippen molar-refractivity contribution in [3.8, 4) is 0 Å². The van der Waals surface area contributed by atoms with E-state index in [4.69, 9.17) is 5.73 Å². The number of nitrogens with one attached hydrogen (secondary N) is 1. The highest BCUT2D eigenvalue weighted by molar-refractivity contribution is 5.67. The van der Waals surface area contributed by atoms with Crippen LogP contribution in [0.5, 0.6) is 0 Å². The third-order valence-electron chi connectivity index (χ3n) is 0.428. The molecule has 0 atom stereocenters. The number of carbonyl (C=O) groups is 1. The fraction of sp³-hybridized carbons (Fsp3) is 0.250. The summed E-state index contributed by atoms with van der Waals surface area (Å²) in [6.45, 7) is 3.14. The van der Waals surface area contributed by atoms with Crippen LogP contribution in [0, 0.1) is 0 Å². The minimum atomic E-state index is -0.600. The second-order valence-corrected chi connectivity index (χ2v) is 1.11. The predicted molar refractivity (Wildman–Crippen MR) is 28.9 cm³/mol. The summed E-state index contributed by atoms with van der Waals surface area (Å²) in [6.07, 6.45) is -0.600. The lowest BCUT2D eigenvalue weighted by atomic mass is 10.9. The molecule has 0 unspecified atom stereocenters. The van der Waals surface area contributed by atoms with Crippen LogP contribution in [0.1, 0.15) is 0 Å². The topological polar surface area (TPSA) is 64.3 Å². The molecule has 0 saturated heterocycles. The van der Waals surface area contributed by atoms with Crippen LogP contribution >= 0.6 is 0 Å². The molecule has 0 radical (unpaired) electrons. The molecule has 0 aliphatic heterocycles. The molecule has 0 aromatic heterocycles. The summed E-state index contributed by atoms with van der Waals surface area (Å²) >= 11 is 0. The van der Waals surface area contributed by atoms with E-state index in [0.29, 0.717) is 0 Å². The average molecular weight is 116 g/mol. The Bertz CT molecular complexity index is 111. The van der Waals surface area contributed by atoms with Gasteiger partial charge in [-0.25, -0.2) is 4.79 Å². The van der Waals surface area contributed by atoms with Crippen molar-refractivity contribution in [2.24, 2.45) is 5.73 Å². The van der Waals surface area contributed by atoms with Crippen molar-refractivity contribution in [1.29, 1.82) is 0 Å². The van der Waals surface area contributed by atoms with Gasteiger partial charge < -0.3 is 15.8 Å². The molecular formula is C4H8N2O2. The molecule has 0 aromatic rings. The van der Waals surface area contributed by atoms with E-state index in [-0.39, 0.29) is 5.88 Å². The van der Waals surface area contributed by atoms with Crippen molar-refractivity contribution in [2.45, 2.75) is 0 Å². The molecule has 0 rings (SSSR count). The summed E-state index contributed by atoms with van der Waals surface area (Å²) in [5.41, 5.74) is 4.89. The van der Waals surface area contributed by atoms with Gasteiger partial charge in [0, 0.05) is 7.05 Å². The smallest absolute Gasteiger partial charge is 0.395 e. The van der Waals surface area contributed by atoms with Crippen LogP contribution in [0.15, 0.2) is 12.5 Å². The normalized spacial score (nSPS) is 7.62. The summed E-state index contributed by atoms with van der Waals surface area (Å²) < 4.78 is 4.23. The zero-order valence-electron chi connectivity index (χ0n) is 4.60. The lowest BCUT2D eigenvalue weighted by Gasteiger charge is -1.98. The molecule has 0 fully saturated rings. The Balaban J connectivity index is 3.40. The average Bonchev–Trinajstić information content (AvgIpc) is 1.65. The van der Waals surface area contributed by atoms with Crippen molar-refractivity contribution in [3.05, 3.63) is 12.5 Å². The maximum Gasteiger partial charge on any atom is 0.413 e. The third-order valence-corrected chi connectivity index (χ3v) is 0.428. The van der Waals surface area contributed by atoms with E-state index < -0.39 is 6.09 Å². The fourth-order valence-corrected chi connectivity index (χ4v) is 0.170. The van der Waals surface area contributed by atoms with Crippen LogP contribution in [0.4, 0.5) is 4.79 Å². The first-order chi connectivity index (χ1) is 3.66. The van der Waals surface area contributed by atoms with E-state index in [1.54, 1.807) is 0 Å². The first kappa shape index (κ1) is 6.81. The summed E-state index contributed by atoms with van der Waals surface area (Å²) in [6, 6.07) is 0. The zero-order valence-corrected chi connectivity index (χ0v) is 4.60. The Hall–Kier alpha value is -1.19. The number of hydrogen-bond acceptors (Lipinski definition) is 3. The summed E-state index contributed by atoms with van der Waals surface area (Å²) in [7, 11) is 1.44. The van der Waals surface area contributed by atoms with Crippen molar-refractivity contribution in [1.82, 2.24) is 5.32 Å². The van der Waals surface area contributed by atoms with E-state index in [9.17, 15) is 4.79 Å². The maximum atomic E-state index is 10.1. The minimum Gasteiger partial charge on any atom is -0.395 e. The fourth-order valence-electron chi connectivity index (χ4n) is 0.170. The number of ether oxygens (including phenoxy) is 1. The molecule has 0 heterocycles. The Morgan fingerprint density at radius 3 is 2.50 bits per heavy atom. The van der Waals surface area contributed by atoms with Crippen LogP contribution < -0.4 is 11.1 Å². The highest BCUT2D eigenvalue weighted by Gasteiger charge is 1.94. The number of carbonyl (C=O) groups excluding carboxylic acids is 1. The van der Waals surface area contributed by atoms with Gasteiger partial charge in [-0.05, 0) is 6.58 Å². The van der Waals surface area contributed by atoms with Crippen LogP contribution in [0.2, 0.25) is 0 Å². The molecule has 0 saturated carbocycles. The summed E-state index contributed by atoms with van der Waals surface area (Å²) in [4.78, 5) is 10.1. The molecule has 1 amide bonds. The van der Waals surface area contributed by atoms with Gasteiger partial charge >= 0.3 is 6.09 Å². The lowest BCUT2D eigenvalue weighted by Crippen LogP contribution is -2.20. The van der Waals surface area contributed by atoms with E-state index >= 15 is 0 Å². The highest BCUT2D eigenvalue weighted by atomic mass is 16.6. The van der Waals surface area contributed by atoms with Gasteiger partial charge in [-0.2, -0.15) is 0 Å². The monoisotopic (exact) mass is 116 g/mol. The SMILES string of the molecule is C=C(N)OC(=O)NC. The molecule has 46 valence electrons. The second-order valence-electron chi connectivity index (χ2n) is 1.11. The summed E-state index contributed by atoms with van der Waals surface area (Å²) in [5, 5.41) is 2.19. The van der Waals surface area contributed by atoms with Crippen molar-refractivity contribution in [3.63, 3.8) is 0 Å². The minimum absolute atomic E-state index is 0.107. The van der Waals surface area contributed by atoms with Gasteiger partial charge in [0.1, 0.15) is 0 Å². The second kappa shape index (κ2) is 2.90. The highest BCUT2D eigenvalue weighted by Crippen LogP contribution is 1.80. The molecule has 0 aromatic carbocycles. The Labute approximate surface area is 47.3 Å². The van der Waals surface area contributed by atoms with Gasteiger partial charge in [-0.1, -0.05) is 0 Å². The standard InChI is InChI=1S/C4H8N2O2/c1-3(5)8-4(7)6-2/h1,5H2,2H3,(H,6,7). The largest absolute Gasteiger partial charge is 0.413 e. The van der Waals surface area contributed by atoms with Crippen LogP contribution in [0.3, 0.4) is 0 Å². The third kappa shape index (κ3) is 3.02. The van der Waals surface area contributed by atoms with Crippen LogP contribution in [0.25, 0.3) is 0 Å². The van der Waals surface area contributed by atoms with E-state index in [0.717, 1.165) is 0 Å². The van der Waals surface area contributed by atoms with E-state index in [2.05, 4.69) is 16.6 Å². The molecule has 0 bridgehead atoms. The lowest BCUT2D eigenvalue weighted by molar-refractivity contribution is 0.178.